The molecule has 10 heteroatoms. The number of methoxy groups -OCH3 is 1. The summed E-state index contributed by atoms with van der Waals surface area (Å²) in [7, 11) is 1.56. The van der Waals surface area contributed by atoms with Crippen LogP contribution in [0.1, 0.15) is 17.5 Å². The molecule has 0 aliphatic carbocycles. The maximum absolute atomic E-state index is 13.0. The summed E-state index contributed by atoms with van der Waals surface area (Å²) in [5.41, 5.74) is 2.64. The Bertz CT molecular complexity index is 1140. The molecule has 32 heavy (non-hydrogen) atoms. The van der Waals surface area contributed by atoms with Crippen molar-refractivity contribution in [3.05, 3.63) is 59.4 Å². The molecule has 2 amide bonds. The van der Waals surface area contributed by atoms with Gasteiger partial charge in [0, 0.05) is 18.7 Å². The number of carbonyl (C=O) groups excluding carboxylic acids is 2. The average molecular weight is 473 g/mol. The number of ether oxygens (including phenoxy) is 1. The minimum atomic E-state index is -0.494. The second-order valence-corrected chi connectivity index (χ2v) is 9.56. The molecule has 1 N–H and O–H groups in total. The molecule has 1 atom stereocenters. The predicted octanol–water partition coefficient (Wildman–Crippen LogP) is 4.28. The van der Waals surface area contributed by atoms with Gasteiger partial charge in [0.05, 0.1) is 18.7 Å². The number of carbonyl (C=O) groups is 2. The summed E-state index contributed by atoms with van der Waals surface area (Å²) >= 11 is 2.72. The monoisotopic (exact) mass is 472 g/mol. The number of nitrogens with zero attached hydrogens (tertiary/aromatic N) is 3. The van der Waals surface area contributed by atoms with Crippen molar-refractivity contribution in [2.24, 2.45) is 5.92 Å². The fourth-order valence-corrected chi connectivity index (χ4v) is 5.09. The van der Waals surface area contributed by atoms with E-state index in [-0.39, 0.29) is 30.6 Å². The van der Waals surface area contributed by atoms with E-state index in [0.29, 0.717) is 26.7 Å². The molecule has 1 saturated heterocycles. The summed E-state index contributed by atoms with van der Waals surface area (Å²) < 4.78 is 19.1. The highest BCUT2D eigenvalue weighted by molar-refractivity contribution is 8.00. The van der Waals surface area contributed by atoms with Gasteiger partial charge in [0.2, 0.25) is 16.9 Å². The Kier molecular flexibility index (Phi) is 6.71. The van der Waals surface area contributed by atoms with Gasteiger partial charge in [0.25, 0.3) is 0 Å². The largest absolute Gasteiger partial charge is 0.495 e. The van der Waals surface area contributed by atoms with Gasteiger partial charge < -0.3 is 15.0 Å². The molecule has 1 aromatic heterocycles. The zero-order chi connectivity index (χ0) is 22.7. The lowest BCUT2D eigenvalue weighted by Crippen LogP contribution is -2.28. The van der Waals surface area contributed by atoms with Crippen molar-refractivity contribution in [1.82, 2.24) is 10.2 Å². The smallest absolute Gasteiger partial charge is 0.231 e. The number of hydrogen-bond donors (Lipinski definition) is 1. The number of halogens is 1. The van der Waals surface area contributed by atoms with Gasteiger partial charge in [-0.1, -0.05) is 41.3 Å². The van der Waals surface area contributed by atoms with Gasteiger partial charge in [-0.15, -0.1) is 10.2 Å². The molecule has 0 saturated carbocycles. The van der Waals surface area contributed by atoms with Gasteiger partial charge in [-0.3, -0.25) is 9.59 Å². The van der Waals surface area contributed by atoms with Gasteiger partial charge in [-0.05, 0) is 42.3 Å². The Morgan fingerprint density at radius 3 is 2.81 bits per heavy atom. The Morgan fingerprint density at radius 2 is 2.06 bits per heavy atom. The lowest BCUT2D eigenvalue weighted by atomic mass is 10.1. The number of aryl methyl sites for hydroxylation is 1. The van der Waals surface area contributed by atoms with Crippen LogP contribution >= 0.6 is 23.1 Å². The van der Waals surface area contributed by atoms with Crippen molar-refractivity contribution in [2.45, 2.75) is 23.4 Å². The maximum atomic E-state index is 13.0. The lowest BCUT2D eigenvalue weighted by molar-refractivity contribution is -0.122. The lowest BCUT2D eigenvalue weighted by Gasteiger charge is -2.20. The molecule has 0 radical (unpaired) electrons. The van der Waals surface area contributed by atoms with Crippen molar-refractivity contribution in [3.8, 4) is 5.75 Å². The number of rotatable bonds is 7. The third-order valence-electron chi connectivity index (χ3n) is 5.03. The molecule has 2 heterocycles. The molecule has 166 valence electrons. The molecule has 0 spiro atoms. The summed E-state index contributed by atoms with van der Waals surface area (Å²) in [5, 5.41) is 11.3. The van der Waals surface area contributed by atoms with E-state index in [1.807, 2.05) is 25.1 Å². The van der Waals surface area contributed by atoms with Crippen LogP contribution < -0.4 is 15.0 Å². The van der Waals surface area contributed by atoms with Crippen LogP contribution in [0.15, 0.2) is 46.8 Å². The molecule has 3 aromatic rings. The third kappa shape index (κ3) is 5.08. The van der Waals surface area contributed by atoms with Crippen LogP contribution in [0, 0.1) is 18.7 Å². The number of nitrogens with one attached hydrogen (secondary N) is 1. The van der Waals surface area contributed by atoms with Gasteiger partial charge >= 0.3 is 0 Å². The standard InChI is InChI=1S/C22H21FN4O3S2/c1-13-3-8-18(30-2)17(9-13)27-11-15(10-19(27)28)20(29)24-21-25-26-22(32-21)31-12-14-4-6-16(23)7-5-14/h3-9,15H,10-12H2,1-2H3,(H,24,25,29). The molecule has 1 unspecified atom stereocenters. The van der Waals surface area contributed by atoms with Gasteiger partial charge in [0.1, 0.15) is 11.6 Å². The average Bonchev–Trinajstić information content (AvgIpc) is 3.39. The third-order valence-corrected chi connectivity index (χ3v) is 7.08. The second-order valence-electron chi connectivity index (χ2n) is 7.36. The normalized spacial score (nSPS) is 15.8. The van der Waals surface area contributed by atoms with Crippen LogP contribution in [0.25, 0.3) is 0 Å². The number of benzene rings is 2. The van der Waals surface area contributed by atoms with Crippen molar-refractivity contribution in [1.29, 1.82) is 0 Å². The zero-order valence-corrected chi connectivity index (χ0v) is 19.1. The number of hydrogen-bond acceptors (Lipinski definition) is 7. The summed E-state index contributed by atoms with van der Waals surface area (Å²) in [6.45, 7) is 2.21. The van der Waals surface area contributed by atoms with Crippen molar-refractivity contribution < 1.29 is 18.7 Å². The van der Waals surface area contributed by atoms with Crippen molar-refractivity contribution >= 4 is 45.7 Å². The minimum Gasteiger partial charge on any atom is -0.495 e. The quantitative estimate of drug-likeness (QED) is 0.408. The van der Waals surface area contributed by atoms with Crippen molar-refractivity contribution in [3.63, 3.8) is 0 Å². The van der Waals surface area contributed by atoms with E-state index in [9.17, 15) is 14.0 Å². The second kappa shape index (κ2) is 9.66. The number of anilines is 2. The molecule has 2 aromatic carbocycles. The van der Waals surface area contributed by atoms with E-state index in [2.05, 4.69) is 15.5 Å². The van der Waals surface area contributed by atoms with E-state index in [1.165, 1.54) is 35.2 Å². The minimum absolute atomic E-state index is 0.119. The molecule has 1 aliphatic rings. The molecule has 0 bridgehead atoms. The fraction of sp³-hybridized carbons (Fsp3) is 0.273. The topological polar surface area (TPSA) is 84.4 Å². The highest BCUT2D eigenvalue weighted by Gasteiger charge is 2.36. The zero-order valence-electron chi connectivity index (χ0n) is 17.5. The highest BCUT2D eigenvalue weighted by Crippen LogP contribution is 2.34. The molecular weight excluding hydrogens is 451 g/mol. The number of thioether (sulfide) groups is 1. The SMILES string of the molecule is COc1ccc(C)cc1N1CC(C(=O)Nc2nnc(SCc3ccc(F)cc3)s2)CC1=O. The van der Waals surface area contributed by atoms with Gasteiger partial charge in [-0.2, -0.15) is 0 Å². The van der Waals surface area contributed by atoms with E-state index in [4.69, 9.17) is 4.74 Å². The molecule has 7 nitrogen and oxygen atoms in total. The Morgan fingerprint density at radius 1 is 1.28 bits per heavy atom. The van der Waals surface area contributed by atoms with E-state index < -0.39 is 5.92 Å². The molecule has 1 fully saturated rings. The van der Waals surface area contributed by atoms with E-state index in [1.54, 1.807) is 24.1 Å². The van der Waals surface area contributed by atoms with E-state index >= 15 is 0 Å². The van der Waals surface area contributed by atoms with Crippen LogP contribution in [0.5, 0.6) is 5.75 Å². The summed E-state index contributed by atoms with van der Waals surface area (Å²) in [4.78, 5) is 27.0. The van der Waals surface area contributed by atoms with Crippen LogP contribution in [0.2, 0.25) is 0 Å². The first-order chi connectivity index (χ1) is 15.4. The van der Waals surface area contributed by atoms with Crippen LogP contribution in [0.3, 0.4) is 0 Å². The number of amides is 2. The first-order valence-electron chi connectivity index (χ1n) is 9.89. The first kappa shape index (κ1) is 22.2. The Labute approximate surface area is 193 Å². The summed E-state index contributed by atoms with van der Waals surface area (Å²) in [6.07, 6.45) is 0.119. The molecule has 1 aliphatic heterocycles. The predicted molar refractivity (Wildman–Crippen MR) is 123 cm³/mol. The first-order valence-corrected chi connectivity index (χ1v) is 11.7. The Hall–Kier alpha value is -2.98. The van der Waals surface area contributed by atoms with Gasteiger partial charge in [-0.25, -0.2) is 4.39 Å². The highest BCUT2D eigenvalue weighted by atomic mass is 32.2. The molecular formula is C22H21FN4O3S2. The van der Waals surface area contributed by atoms with Crippen LogP contribution in [-0.2, 0) is 15.3 Å². The van der Waals surface area contributed by atoms with Crippen LogP contribution in [0.4, 0.5) is 15.2 Å². The van der Waals surface area contributed by atoms with Gasteiger partial charge in [0.15, 0.2) is 4.34 Å². The van der Waals surface area contributed by atoms with Crippen LogP contribution in [-0.4, -0.2) is 35.7 Å². The fourth-order valence-electron chi connectivity index (χ4n) is 3.38. The maximum Gasteiger partial charge on any atom is 0.231 e. The number of aromatic nitrogens is 2. The summed E-state index contributed by atoms with van der Waals surface area (Å²) in [5.74, 6) is 0.0571. The summed E-state index contributed by atoms with van der Waals surface area (Å²) in [6, 6.07) is 11.9. The Balaban J connectivity index is 1.36. The molecule has 4 rings (SSSR count). The van der Waals surface area contributed by atoms with Crippen molar-refractivity contribution in [2.75, 3.05) is 23.9 Å². The van der Waals surface area contributed by atoms with E-state index in [0.717, 1.165) is 11.1 Å².